The second-order valence-electron chi connectivity index (χ2n) is 6.87. The zero-order valence-corrected chi connectivity index (χ0v) is 14.6. The van der Waals surface area contributed by atoms with Gasteiger partial charge in [-0.1, -0.05) is 26.7 Å². The molecule has 3 heteroatoms. The van der Waals surface area contributed by atoms with Crippen LogP contribution in [-0.4, -0.2) is 28.0 Å². The van der Waals surface area contributed by atoms with E-state index < -0.39 is 8.32 Å². The maximum absolute atomic E-state index is 6.31. The second-order valence-corrected chi connectivity index (χ2v) is 11.2. The SMILES string of the molecule is CCCC[Si](C)(C)OCC1CCC(CNCC)CC1. The van der Waals surface area contributed by atoms with Gasteiger partial charge in [0.05, 0.1) is 0 Å². The lowest BCUT2D eigenvalue weighted by molar-refractivity contribution is 0.175. The standard InChI is InChI=1S/C16H35NOSi/c1-5-7-12-19(3,4)18-14-16-10-8-15(9-11-16)13-17-6-2/h15-17H,5-14H2,1-4H3. The highest BCUT2D eigenvalue weighted by Crippen LogP contribution is 2.29. The quantitative estimate of drug-likeness (QED) is 0.633. The van der Waals surface area contributed by atoms with E-state index in [4.69, 9.17) is 4.43 Å². The highest BCUT2D eigenvalue weighted by atomic mass is 28.4. The zero-order valence-electron chi connectivity index (χ0n) is 13.6. The molecule has 0 spiro atoms. The summed E-state index contributed by atoms with van der Waals surface area (Å²) in [6.45, 7) is 12.6. The number of unbranched alkanes of at least 4 members (excludes halogenated alkanes) is 1. The molecular formula is C16H35NOSi. The average Bonchev–Trinajstić information content (AvgIpc) is 2.42. The van der Waals surface area contributed by atoms with Gasteiger partial charge in [-0.05, 0) is 69.7 Å². The Labute approximate surface area is 121 Å². The van der Waals surface area contributed by atoms with E-state index >= 15 is 0 Å². The summed E-state index contributed by atoms with van der Waals surface area (Å²) < 4.78 is 6.31. The number of rotatable bonds is 9. The summed E-state index contributed by atoms with van der Waals surface area (Å²) in [6, 6.07) is 1.33. The van der Waals surface area contributed by atoms with Gasteiger partial charge in [0.1, 0.15) is 0 Å². The Kier molecular flexibility index (Phi) is 8.27. The van der Waals surface area contributed by atoms with Crippen LogP contribution in [0.1, 0.15) is 52.4 Å². The van der Waals surface area contributed by atoms with Gasteiger partial charge in [-0.3, -0.25) is 0 Å². The summed E-state index contributed by atoms with van der Waals surface area (Å²) in [6.07, 6.45) is 8.21. The van der Waals surface area contributed by atoms with Crippen molar-refractivity contribution in [3.05, 3.63) is 0 Å². The smallest absolute Gasteiger partial charge is 0.186 e. The number of hydrogen-bond donors (Lipinski definition) is 1. The van der Waals surface area contributed by atoms with Crippen LogP contribution in [0.3, 0.4) is 0 Å². The Morgan fingerprint density at radius 1 is 1.05 bits per heavy atom. The molecular weight excluding hydrogens is 250 g/mol. The van der Waals surface area contributed by atoms with Crippen molar-refractivity contribution in [2.45, 2.75) is 71.5 Å². The number of hydrogen-bond acceptors (Lipinski definition) is 2. The maximum atomic E-state index is 6.31. The second kappa shape index (κ2) is 9.14. The minimum atomic E-state index is -1.36. The van der Waals surface area contributed by atoms with Crippen molar-refractivity contribution in [3.63, 3.8) is 0 Å². The van der Waals surface area contributed by atoms with Crippen molar-refractivity contribution in [1.29, 1.82) is 0 Å². The zero-order chi connectivity index (χ0) is 14.1. The molecule has 0 unspecified atom stereocenters. The minimum Gasteiger partial charge on any atom is -0.417 e. The Hall–Kier alpha value is 0.137. The third kappa shape index (κ3) is 7.47. The molecule has 1 fully saturated rings. The fourth-order valence-corrected chi connectivity index (χ4v) is 5.01. The van der Waals surface area contributed by atoms with Crippen LogP contribution in [0.5, 0.6) is 0 Å². The fourth-order valence-electron chi connectivity index (χ4n) is 2.97. The average molecular weight is 286 g/mol. The molecule has 19 heavy (non-hydrogen) atoms. The third-order valence-electron chi connectivity index (χ3n) is 4.49. The summed E-state index contributed by atoms with van der Waals surface area (Å²) >= 11 is 0. The lowest BCUT2D eigenvalue weighted by Gasteiger charge is -2.31. The highest BCUT2D eigenvalue weighted by Gasteiger charge is 2.26. The molecule has 0 aliphatic heterocycles. The van der Waals surface area contributed by atoms with Gasteiger partial charge in [0.2, 0.25) is 0 Å². The molecule has 114 valence electrons. The molecule has 0 aromatic rings. The summed E-state index contributed by atoms with van der Waals surface area (Å²) in [4.78, 5) is 0. The Balaban J connectivity index is 2.15. The number of nitrogens with one attached hydrogen (secondary N) is 1. The van der Waals surface area contributed by atoms with E-state index in [-0.39, 0.29) is 0 Å². The first-order valence-corrected chi connectivity index (χ1v) is 11.5. The molecule has 0 aromatic carbocycles. The molecule has 1 rings (SSSR count). The molecule has 0 saturated heterocycles. The normalized spacial score (nSPS) is 24.6. The first kappa shape index (κ1) is 17.2. The molecule has 0 aromatic heterocycles. The monoisotopic (exact) mass is 285 g/mol. The van der Waals surface area contributed by atoms with Crippen LogP contribution in [0.25, 0.3) is 0 Å². The predicted octanol–water partition coefficient (Wildman–Crippen LogP) is 4.42. The molecule has 1 N–H and O–H groups in total. The van der Waals surface area contributed by atoms with Crippen LogP contribution in [0, 0.1) is 11.8 Å². The molecule has 0 bridgehead atoms. The maximum Gasteiger partial charge on any atom is 0.186 e. The van der Waals surface area contributed by atoms with E-state index in [1.54, 1.807) is 0 Å². The van der Waals surface area contributed by atoms with Crippen LogP contribution in [-0.2, 0) is 4.43 Å². The molecule has 0 amide bonds. The summed E-state index contributed by atoms with van der Waals surface area (Å²) in [5.41, 5.74) is 0. The van der Waals surface area contributed by atoms with Crippen LogP contribution < -0.4 is 5.32 Å². The molecule has 0 heterocycles. The molecule has 1 saturated carbocycles. The van der Waals surface area contributed by atoms with Gasteiger partial charge in [-0.15, -0.1) is 0 Å². The van der Waals surface area contributed by atoms with Gasteiger partial charge in [-0.2, -0.15) is 0 Å². The topological polar surface area (TPSA) is 21.3 Å². The van der Waals surface area contributed by atoms with Crippen molar-refractivity contribution >= 4 is 8.32 Å². The first-order chi connectivity index (χ1) is 9.07. The molecule has 1 aliphatic rings. The Morgan fingerprint density at radius 3 is 2.26 bits per heavy atom. The van der Waals surface area contributed by atoms with Crippen LogP contribution in [0.15, 0.2) is 0 Å². The van der Waals surface area contributed by atoms with E-state index in [1.807, 2.05) is 0 Å². The summed E-state index contributed by atoms with van der Waals surface area (Å²) in [5.74, 6) is 1.76. The van der Waals surface area contributed by atoms with Gasteiger partial charge in [0.25, 0.3) is 0 Å². The van der Waals surface area contributed by atoms with Crippen LogP contribution >= 0.6 is 0 Å². The predicted molar refractivity (Wildman–Crippen MR) is 87.1 cm³/mol. The van der Waals surface area contributed by atoms with Crippen molar-refractivity contribution in [3.8, 4) is 0 Å². The van der Waals surface area contributed by atoms with Gasteiger partial charge < -0.3 is 9.74 Å². The van der Waals surface area contributed by atoms with Crippen LogP contribution in [0.4, 0.5) is 0 Å². The summed E-state index contributed by atoms with van der Waals surface area (Å²) in [7, 11) is -1.36. The lowest BCUT2D eigenvalue weighted by Crippen LogP contribution is -2.34. The van der Waals surface area contributed by atoms with Crippen molar-refractivity contribution in [2.75, 3.05) is 19.7 Å². The van der Waals surface area contributed by atoms with Crippen molar-refractivity contribution in [2.24, 2.45) is 11.8 Å². The van der Waals surface area contributed by atoms with Gasteiger partial charge in [-0.25, -0.2) is 0 Å². The van der Waals surface area contributed by atoms with E-state index in [2.05, 4.69) is 32.3 Å². The molecule has 1 aliphatic carbocycles. The van der Waals surface area contributed by atoms with Crippen molar-refractivity contribution < 1.29 is 4.43 Å². The van der Waals surface area contributed by atoms with E-state index in [0.29, 0.717) is 0 Å². The largest absolute Gasteiger partial charge is 0.417 e. The summed E-state index contributed by atoms with van der Waals surface area (Å²) in [5, 5.41) is 3.49. The highest BCUT2D eigenvalue weighted by molar-refractivity contribution is 6.71. The van der Waals surface area contributed by atoms with Gasteiger partial charge >= 0.3 is 0 Å². The van der Waals surface area contributed by atoms with Crippen molar-refractivity contribution in [1.82, 2.24) is 5.32 Å². The van der Waals surface area contributed by atoms with E-state index in [1.165, 1.54) is 51.1 Å². The van der Waals surface area contributed by atoms with E-state index in [0.717, 1.165) is 25.0 Å². The Bertz CT molecular complexity index is 225. The molecule has 2 nitrogen and oxygen atoms in total. The van der Waals surface area contributed by atoms with Gasteiger partial charge in [0, 0.05) is 6.61 Å². The first-order valence-electron chi connectivity index (χ1n) is 8.42. The lowest BCUT2D eigenvalue weighted by atomic mass is 9.82. The Morgan fingerprint density at radius 2 is 1.68 bits per heavy atom. The van der Waals surface area contributed by atoms with E-state index in [9.17, 15) is 0 Å². The van der Waals surface area contributed by atoms with Crippen LogP contribution in [0.2, 0.25) is 19.1 Å². The van der Waals surface area contributed by atoms with Gasteiger partial charge in [0.15, 0.2) is 8.32 Å². The molecule has 0 radical (unpaired) electrons. The molecule has 0 atom stereocenters. The fraction of sp³-hybridized carbons (Fsp3) is 1.00. The third-order valence-corrected chi connectivity index (χ3v) is 7.00. The minimum absolute atomic E-state index is 0.839.